The quantitative estimate of drug-likeness (QED) is 0.358. The first kappa shape index (κ1) is 24.2. The van der Waals surface area contributed by atoms with Crippen molar-refractivity contribution in [1.29, 1.82) is 0 Å². The molecule has 190 valence electrons. The number of rotatable bonds is 10. The lowest BCUT2D eigenvalue weighted by atomic mass is 9.99. The summed E-state index contributed by atoms with van der Waals surface area (Å²) >= 11 is 0. The number of hydrogen-bond acceptors (Lipinski definition) is 8. The van der Waals surface area contributed by atoms with Crippen LogP contribution in [0.5, 0.6) is 5.75 Å². The van der Waals surface area contributed by atoms with Crippen LogP contribution in [0.4, 0.5) is 0 Å². The molecule has 36 heavy (non-hydrogen) atoms. The predicted octanol–water partition coefficient (Wildman–Crippen LogP) is 3.54. The van der Waals surface area contributed by atoms with E-state index in [0.717, 1.165) is 47.7 Å². The summed E-state index contributed by atoms with van der Waals surface area (Å²) in [5.41, 5.74) is 1.34. The fourth-order valence-electron chi connectivity index (χ4n) is 4.99. The molecular weight excluding hydrogens is 460 g/mol. The Bertz CT molecular complexity index is 1340. The van der Waals surface area contributed by atoms with Gasteiger partial charge >= 0.3 is 0 Å². The third-order valence-corrected chi connectivity index (χ3v) is 6.70. The number of fused-ring (bicyclic) bond motifs is 1. The fourth-order valence-corrected chi connectivity index (χ4v) is 4.99. The van der Waals surface area contributed by atoms with E-state index in [2.05, 4.69) is 39.3 Å². The Labute approximate surface area is 209 Å². The molecule has 1 fully saturated rings. The summed E-state index contributed by atoms with van der Waals surface area (Å²) < 4.78 is 18.7. The molecule has 4 heterocycles. The van der Waals surface area contributed by atoms with Gasteiger partial charge in [-0.2, -0.15) is 0 Å². The van der Waals surface area contributed by atoms with E-state index in [4.69, 9.17) is 13.9 Å². The summed E-state index contributed by atoms with van der Waals surface area (Å²) in [5.74, 6) is 2.43. The molecule has 10 nitrogen and oxygen atoms in total. The number of tetrazole rings is 1. The van der Waals surface area contributed by atoms with Gasteiger partial charge in [-0.05, 0) is 65.6 Å². The van der Waals surface area contributed by atoms with E-state index in [0.29, 0.717) is 25.2 Å². The first-order chi connectivity index (χ1) is 17.5. The van der Waals surface area contributed by atoms with Crippen molar-refractivity contribution in [2.24, 2.45) is 5.92 Å². The Morgan fingerprint density at radius 3 is 2.89 bits per heavy atom. The highest BCUT2D eigenvalue weighted by Crippen LogP contribution is 2.31. The van der Waals surface area contributed by atoms with Crippen molar-refractivity contribution in [2.75, 3.05) is 20.3 Å². The topological polar surface area (TPSA) is 111 Å². The molecule has 1 aliphatic rings. The molecule has 0 bridgehead atoms. The maximum atomic E-state index is 13.1. The van der Waals surface area contributed by atoms with Crippen LogP contribution in [-0.4, -0.2) is 56.5 Å². The maximum Gasteiger partial charge on any atom is 0.252 e. The highest BCUT2D eigenvalue weighted by atomic mass is 16.5. The van der Waals surface area contributed by atoms with Gasteiger partial charge in [0.1, 0.15) is 18.1 Å². The van der Waals surface area contributed by atoms with Gasteiger partial charge in [0.15, 0.2) is 5.82 Å². The highest BCUT2D eigenvalue weighted by molar-refractivity contribution is 5.80. The molecule has 1 N–H and O–H groups in total. The largest absolute Gasteiger partial charge is 0.497 e. The zero-order chi connectivity index (χ0) is 25.1. The van der Waals surface area contributed by atoms with Gasteiger partial charge in [0, 0.05) is 36.2 Å². The molecule has 1 saturated heterocycles. The second-order valence-electron chi connectivity index (χ2n) is 9.60. The number of methoxy groups -OCH3 is 1. The van der Waals surface area contributed by atoms with Crippen LogP contribution >= 0.6 is 0 Å². The monoisotopic (exact) mass is 492 g/mol. The van der Waals surface area contributed by atoms with Gasteiger partial charge in [0.2, 0.25) is 0 Å². The van der Waals surface area contributed by atoms with Gasteiger partial charge in [-0.3, -0.25) is 9.69 Å². The fraction of sp³-hybridized carbons (Fsp3) is 0.462. The van der Waals surface area contributed by atoms with E-state index in [-0.39, 0.29) is 23.6 Å². The summed E-state index contributed by atoms with van der Waals surface area (Å²) in [5, 5.41) is 13.6. The van der Waals surface area contributed by atoms with Crippen molar-refractivity contribution < 1.29 is 13.9 Å². The van der Waals surface area contributed by atoms with Gasteiger partial charge in [-0.25, -0.2) is 4.68 Å². The molecule has 4 aromatic rings. The van der Waals surface area contributed by atoms with Gasteiger partial charge in [-0.15, -0.1) is 5.10 Å². The molecule has 2 atom stereocenters. The Hall–Kier alpha value is -3.50. The molecule has 10 heteroatoms. The zero-order valence-electron chi connectivity index (χ0n) is 20.9. The number of furan rings is 1. The van der Waals surface area contributed by atoms with Crippen molar-refractivity contribution in [3.8, 4) is 5.75 Å². The Kier molecular flexibility index (Phi) is 7.15. The first-order valence-electron chi connectivity index (χ1n) is 12.4. The maximum absolute atomic E-state index is 13.1. The van der Waals surface area contributed by atoms with Crippen LogP contribution in [0.25, 0.3) is 10.9 Å². The van der Waals surface area contributed by atoms with Crippen LogP contribution in [0.2, 0.25) is 0 Å². The van der Waals surface area contributed by atoms with Crippen molar-refractivity contribution >= 4 is 10.9 Å². The number of aromatic amines is 1. The number of benzene rings is 1. The van der Waals surface area contributed by atoms with E-state index in [1.165, 1.54) is 0 Å². The second-order valence-corrected chi connectivity index (χ2v) is 9.60. The molecule has 0 saturated carbocycles. The third-order valence-electron chi connectivity index (χ3n) is 6.70. The molecule has 0 radical (unpaired) electrons. The van der Waals surface area contributed by atoms with Gasteiger partial charge < -0.3 is 18.9 Å². The predicted molar refractivity (Wildman–Crippen MR) is 134 cm³/mol. The Balaban J connectivity index is 1.51. The molecule has 0 spiro atoms. The number of pyridine rings is 1. The number of H-pyrrole nitrogens is 1. The van der Waals surface area contributed by atoms with Crippen LogP contribution in [0, 0.1) is 5.92 Å². The summed E-state index contributed by atoms with van der Waals surface area (Å²) in [4.78, 5) is 18.4. The highest BCUT2D eigenvalue weighted by Gasteiger charge is 2.32. The normalized spacial score (nSPS) is 16.9. The summed E-state index contributed by atoms with van der Waals surface area (Å²) in [6, 6.07) is 11.2. The van der Waals surface area contributed by atoms with E-state index in [9.17, 15) is 4.79 Å². The molecule has 0 aliphatic carbocycles. The van der Waals surface area contributed by atoms with Crippen LogP contribution in [-0.2, 0) is 17.8 Å². The minimum atomic E-state index is -0.139. The number of aromatic nitrogens is 5. The van der Waals surface area contributed by atoms with Gasteiger partial charge in [-0.1, -0.05) is 13.8 Å². The average Bonchev–Trinajstić information content (AvgIpc) is 3.64. The molecule has 1 aromatic carbocycles. The minimum absolute atomic E-state index is 0.0975. The van der Waals surface area contributed by atoms with Crippen LogP contribution < -0.4 is 10.3 Å². The molecule has 0 amide bonds. The van der Waals surface area contributed by atoms with E-state index in [1.54, 1.807) is 18.1 Å². The SMILES string of the molecule is COc1ccc2[nH]c(=O)c(CN(C[C@H]3CCCO3)[C@@H](c3nnnn3Cc3ccco3)C(C)C)cc2c1. The average molecular weight is 493 g/mol. The third kappa shape index (κ3) is 5.19. The molecular formula is C26H32N6O4. The Morgan fingerprint density at radius 1 is 1.28 bits per heavy atom. The molecule has 1 aliphatic heterocycles. The number of nitrogens with zero attached hydrogens (tertiary/aromatic N) is 5. The van der Waals surface area contributed by atoms with Crippen molar-refractivity contribution in [1.82, 2.24) is 30.1 Å². The summed E-state index contributed by atoms with van der Waals surface area (Å²) in [7, 11) is 1.64. The van der Waals surface area contributed by atoms with Crippen LogP contribution in [0.15, 0.2) is 51.9 Å². The van der Waals surface area contributed by atoms with E-state index < -0.39 is 0 Å². The van der Waals surface area contributed by atoms with Gasteiger partial charge in [0.25, 0.3) is 5.56 Å². The van der Waals surface area contributed by atoms with Crippen LogP contribution in [0.3, 0.4) is 0 Å². The van der Waals surface area contributed by atoms with Crippen molar-refractivity contribution in [2.45, 2.75) is 51.9 Å². The lowest BCUT2D eigenvalue weighted by molar-refractivity contribution is 0.0384. The van der Waals surface area contributed by atoms with E-state index in [1.807, 2.05) is 36.4 Å². The summed E-state index contributed by atoms with van der Waals surface area (Å²) in [6.45, 7) is 6.59. The second kappa shape index (κ2) is 10.6. The van der Waals surface area contributed by atoms with E-state index >= 15 is 0 Å². The van der Waals surface area contributed by atoms with Gasteiger partial charge in [0.05, 0.1) is 25.5 Å². The number of ether oxygens (including phenoxy) is 2. The molecule has 5 rings (SSSR count). The lowest BCUT2D eigenvalue weighted by Gasteiger charge is -2.35. The summed E-state index contributed by atoms with van der Waals surface area (Å²) in [6.07, 6.45) is 3.77. The Morgan fingerprint density at radius 2 is 2.17 bits per heavy atom. The zero-order valence-corrected chi connectivity index (χ0v) is 20.9. The number of nitrogens with one attached hydrogen (secondary N) is 1. The van der Waals surface area contributed by atoms with Crippen molar-refractivity contribution in [3.63, 3.8) is 0 Å². The van der Waals surface area contributed by atoms with Crippen molar-refractivity contribution in [3.05, 3.63) is 70.2 Å². The minimum Gasteiger partial charge on any atom is -0.497 e. The molecule has 0 unspecified atom stereocenters. The number of hydrogen-bond donors (Lipinski definition) is 1. The standard InChI is InChI=1S/C26H32N6O4/c1-17(2)24(25-28-29-30-32(25)16-22-7-5-11-36-22)31(15-21-6-4-10-35-21)14-19-12-18-13-20(34-3)8-9-23(18)27-26(19)33/h5,7-9,11-13,17,21,24H,4,6,10,14-16H2,1-3H3,(H,27,33)/t21-,24-/m1/s1. The lowest BCUT2D eigenvalue weighted by Crippen LogP contribution is -2.40. The first-order valence-corrected chi connectivity index (χ1v) is 12.4. The smallest absolute Gasteiger partial charge is 0.252 e. The molecule has 3 aromatic heterocycles. The van der Waals surface area contributed by atoms with Crippen LogP contribution in [0.1, 0.15) is 49.9 Å².